The molecular weight excluding hydrogens is 336 g/mol. The van der Waals surface area contributed by atoms with Crippen LogP contribution in [0.1, 0.15) is 10.4 Å². The van der Waals surface area contributed by atoms with Crippen LogP contribution in [0.3, 0.4) is 0 Å². The van der Waals surface area contributed by atoms with Gasteiger partial charge in [0.2, 0.25) is 0 Å². The van der Waals surface area contributed by atoms with Gasteiger partial charge in [0.15, 0.2) is 5.16 Å². The van der Waals surface area contributed by atoms with E-state index in [9.17, 15) is 19.7 Å². The van der Waals surface area contributed by atoms with Gasteiger partial charge in [-0.05, 0) is 6.07 Å². The smallest absolute Gasteiger partial charge is 0.273 e. The Hall–Kier alpha value is -2.88. The molecule has 1 aromatic heterocycles. The third kappa shape index (κ3) is 2.83. The fraction of sp³-hybridized carbons (Fsp3) is 0.214. The Labute approximate surface area is 139 Å². The highest BCUT2D eigenvalue weighted by Gasteiger charge is 2.21. The SMILES string of the molecule is COc1cc([N+](=O)[O-])ccc1NC(=O)c1cnc2n(c1=O)CCS2. The van der Waals surface area contributed by atoms with Crippen molar-refractivity contribution in [2.45, 2.75) is 11.7 Å². The van der Waals surface area contributed by atoms with Gasteiger partial charge in [-0.25, -0.2) is 4.98 Å². The maximum Gasteiger partial charge on any atom is 0.273 e. The van der Waals surface area contributed by atoms with Crippen LogP contribution < -0.4 is 15.6 Å². The number of ether oxygens (including phenoxy) is 1. The number of carbonyl (C=O) groups excluding carboxylic acids is 1. The third-order valence-corrected chi connectivity index (χ3v) is 4.42. The van der Waals surface area contributed by atoms with E-state index in [0.717, 1.165) is 5.75 Å². The first-order valence-corrected chi connectivity index (χ1v) is 7.86. The number of methoxy groups -OCH3 is 1. The Morgan fingerprint density at radius 1 is 1.50 bits per heavy atom. The van der Waals surface area contributed by atoms with Crippen LogP contribution in [0.5, 0.6) is 5.75 Å². The van der Waals surface area contributed by atoms with Crippen molar-refractivity contribution in [3.63, 3.8) is 0 Å². The molecule has 124 valence electrons. The number of hydrogen-bond donors (Lipinski definition) is 1. The molecular formula is C14H12N4O5S. The summed E-state index contributed by atoms with van der Waals surface area (Å²) in [5.41, 5.74) is -0.446. The lowest BCUT2D eigenvalue weighted by molar-refractivity contribution is -0.384. The van der Waals surface area contributed by atoms with Crippen LogP contribution in [0, 0.1) is 10.1 Å². The molecule has 2 aromatic rings. The number of aromatic nitrogens is 2. The Balaban J connectivity index is 1.91. The standard InChI is InChI=1S/C14H12N4O5S/c1-23-11-6-8(18(21)22)2-3-10(11)16-12(19)9-7-15-14-17(13(9)20)4-5-24-14/h2-3,6-7H,4-5H2,1H3,(H,16,19). The van der Waals surface area contributed by atoms with Crippen molar-refractivity contribution < 1.29 is 14.5 Å². The minimum atomic E-state index is -0.646. The highest BCUT2D eigenvalue weighted by molar-refractivity contribution is 7.99. The number of hydrogen-bond acceptors (Lipinski definition) is 7. The van der Waals surface area contributed by atoms with Crippen LogP contribution in [-0.2, 0) is 6.54 Å². The van der Waals surface area contributed by atoms with Crippen molar-refractivity contribution >= 4 is 29.0 Å². The van der Waals surface area contributed by atoms with Gasteiger partial charge < -0.3 is 10.1 Å². The monoisotopic (exact) mass is 348 g/mol. The summed E-state index contributed by atoms with van der Waals surface area (Å²) in [7, 11) is 1.33. The van der Waals surface area contributed by atoms with Gasteiger partial charge in [0.25, 0.3) is 17.2 Å². The first-order chi connectivity index (χ1) is 11.5. The number of nitrogens with zero attached hydrogens (tertiary/aromatic N) is 3. The Kier molecular flexibility index (Phi) is 4.21. The number of amides is 1. The van der Waals surface area contributed by atoms with Crippen molar-refractivity contribution in [1.29, 1.82) is 0 Å². The molecule has 0 aliphatic carbocycles. The van der Waals surface area contributed by atoms with Crippen molar-refractivity contribution in [2.24, 2.45) is 0 Å². The predicted octanol–water partition coefficient (Wildman–Crippen LogP) is 1.52. The van der Waals surface area contributed by atoms with Crippen molar-refractivity contribution in [3.05, 3.63) is 50.4 Å². The van der Waals surface area contributed by atoms with Crippen molar-refractivity contribution in [1.82, 2.24) is 9.55 Å². The number of benzene rings is 1. The van der Waals surface area contributed by atoms with E-state index in [1.165, 1.54) is 47.8 Å². The molecule has 0 bridgehead atoms. The molecule has 0 spiro atoms. The Bertz CT molecular complexity index is 895. The van der Waals surface area contributed by atoms with E-state index >= 15 is 0 Å². The maximum atomic E-state index is 12.4. The number of nitro groups is 1. The van der Waals surface area contributed by atoms with Crippen LogP contribution in [-0.4, -0.2) is 33.2 Å². The second-order valence-electron chi connectivity index (χ2n) is 4.86. The molecule has 1 aromatic carbocycles. The van der Waals surface area contributed by atoms with Crippen molar-refractivity contribution in [2.75, 3.05) is 18.2 Å². The largest absolute Gasteiger partial charge is 0.494 e. The molecule has 9 nitrogen and oxygen atoms in total. The number of carbonyl (C=O) groups is 1. The summed E-state index contributed by atoms with van der Waals surface area (Å²) < 4.78 is 6.51. The predicted molar refractivity (Wildman–Crippen MR) is 86.8 cm³/mol. The highest BCUT2D eigenvalue weighted by atomic mass is 32.2. The van der Waals surface area contributed by atoms with Crippen LogP contribution in [0.15, 0.2) is 34.3 Å². The average Bonchev–Trinajstić information content (AvgIpc) is 3.04. The first kappa shape index (κ1) is 16.0. The van der Waals surface area contributed by atoms with Crippen molar-refractivity contribution in [3.8, 4) is 5.75 Å². The number of non-ortho nitro benzene ring substituents is 1. The third-order valence-electron chi connectivity index (χ3n) is 3.45. The molecule has 2 heterocycles. The molecule has 0 saturated carbocycles. The fourth-order valence-electron chi connectivity index (χ4n) is 2.26. The summed E-state index contributed by atoms with van der Waals surface area (Å²) in [6.07, 6.45) is 1.24. The lowest BCUT2D eigenvalue weighted by Crippen LogP contribution is -2.29. The minimum Gasteiger partial charge on any atom is -0.494 e. The normalized spacial score (nSPS) is 12.5. The molecule has 24 heavy (non-hydrogen) atoms. The van der Waals surface area contributed by atoms with E-state index in [-0.39, 0.29) is 22.7 Å². The highest BCUT2D eigenvalue weighted by Crippen LogP contribution is 2.29. The van der Waals surface area contributed by atoms with Gasteiger partial charge in [0.05, 0.1) is 23.8 Å². The van der Waals surface area contributed by atoms with Crippen LogP contribution in [0.4, 0.5) is 11.4 Å². The Morgan fingerprint density at radius 2 is 2.29 bits per heavy atom. The van der Waals surface area contributed by atoms with E-state index in [4.69, 9.17) is 4.74 Å². The zero-order valence-electron chi connectivity index (χ0n) is 12.5. The van der Waals surface area contributed by atoms with E-state index in [2.05, 4.69) is 10.3 Å². The molecule has 0 atom stereocenters. The number of thioether (sulfide) groups is 1. The Morgan fingerprint density at radius 3 is 3.00 bits per heavy atom. The molecule has 10 heteroatoms. The fourth-order valence-corrected chi connectivity index (χ4v) is 3.17. The molecule has 1 N–H and O–H groups in total. The first-order valence-electron chi connectivity index (χ1n) is 6.87. The van der Waals surface area contributed by atoms with Gasteiger partial charge in [-0.2, -0.15) is 0 Å². The summed E-state index contributed by atoms with van der Waals surface area (Å²) in [4.78, 5) is 39.0. The second kappa shape index (κ2) is 6.32. The maximum absolute atomic E-state index is 12.4. The molecule has 0 radical (unpaired) electrons. The molecule has 0 unspecified atom stereocenters. The number of rotatable bonds is 4. The number of fused-ring (bicyclic) bond motifs is 1. The molecule has 0 saturated heterocycles. The van der Waals surface area contributed by atoms with Crippen LogP contribution in [0.2, 0.25) is 0 Å². The van der Waals surface area contributed by atoms with E-state index in [1.807, 2.05) is 0 Å². The zero-order chi connectivity index (χ0) is 17.3. The summed E-state index contributed by atoms with van der Waals surface area (Å²) >= 11 is 1.45. The minimum absolute atomic E-state index is 0.0957. The van der Waals surface area contributed by atoms with E-state index in [0.29, 0.717) is 11.7 Å². The summed E-state index contributed by atoms with van der Waals surface area (Å²) in [5, 5.41) is 13.9. The van der Waals surface area contributed by atoms with Gasteiger partial charge in [-0.15, -0.1) is 0 Å². The summed E-state index contributed by atoms with van der Waals surface area (Å²) in [5.74, 6) is 0.220. The molecule has 3 rings (SSSR count). The molecule has 0 fully saturated rings. The number of nitrogens with one attached hydrogen (secondary N) is 1. The number of nitro benzene ring substituents is 1. The lowest BCUT2D eigenvalue weighted by atomic mass is 10.2. The van der Waals surface area contributed by atoms with Gasteiger partial charge in [0.1, 0.15) is 11.3 Å². The van der Waals surface area contributed by atoms with Gasteiger partial charge >= 0.3 is 0 Å². The zero-order valence-corrected chi connectivity index (χ0v) is 13.3. The second-order valence-corrected chi connectivity index (χ2v) is 5.92. The van der Waals surface area contributed by atoms with Gasteiger partial charge in [-0.3, -0.25) is 24.3 Å². The lowest BCUT2D eigenvalue weighted by Gasteiger charge is -2.10. The summed E-state index contributed by atoms with van der Waals surface area (Å²) in [6.45, 7) is 0.508. The van der Waals surface area contributed by atoms with Gasteiger partial charge in [0, 0.05) is 24.6 Å². The number of anilines is 1. The van der Waals surface area contributed by atoms with E-state index in [1.54, 1.807) is 0 Å². The average molecular weight is 348 g/mol. The van der Waals surface area contributed by atoms with Crippen LogP contribution in [0.25, 0.3) is 0 Å². The summed E-state index contributed by atoms with van der Waals surface area (Å²) in [6, 6.07) is 3.78. The quantitative estimate of drug-likeness (QED) is 0.506. The van der Waals surface area contributed by atoms with E-state index < -0.39 is 16.4 Å². The van der Waals surface area contributed by atoms with Crippen LogP contribution >= 0.6 is 11.8 Å². The molecule has 1 aliphatic heterocycles. The topological polar surface area (TPSA) is 116 Å². The molecule has 1 aliphatic rings. The van der Waals surface area contributed by atoms with Gasteiger partial charge in [-0.1, -0.05) is 11.8 Å². The molecule has 1 amide bonds.